The van der Waals surface area contributed by atoms with E-state index in [2.05, 4.69) is 17.1 Å². The zero-order valence-corrected chi connectivity index (χ0v) is 9.91. The van der Waals surface area contributed by atoms with Gasteiger partial charge in [-0.1, -0.05) is 12.1 Å². The van der Waals surface area contributed by atoms with Crippen LogP contribution in [-0.2, 0) is 6.54 Å². The molecule has 1 aliphatic rings. The van der Waals surface area contributed by atoms with Gasteiger partial charge >= 0.3 is 0 Å². The number of hydrogen-bond donors (Lipinski definition) is 1. The first-order chi connectivity index (χ1) is 8.22. The first kappa shape index (κ1) is 12.0. The summed E-state index contributed by atoms with van der Waals surface area (Å²) in [5.41, 5.74) is 0.739. The van der Waals surface area contributed by atoms with Crippen LogP contribution in [0.2, 0.25) is 0 Å². The first-order valence-corrected chi connectivity index (χ1v) is 5.84. The molecule has 1 heterocycles. The predicted octanol–water partition coefficient (Wildman–Crippen LogP) is 1.49. The third kappa shape index (κ3) is 2.63. The minimum atomic E-state index is -0.374. The van der Waals surface area contributed by atoms with Crippen LogP contribution in [0.3, 0.4) is 0 Å². The smallest absolute Gasteiger partial charge is 0.145 e. The molecule has 0 unspecified atom stereocenters. The van der Waals surface area contributed by atoms with E-state index in [1.54, 1.807) is 12.1 Å². The largest absolute Gasteiger partial charge is 0.314 e. The minimum absolute atomic E-state index is 0.130. The van der Waals surface area contributed by atoms with E-state index in [0.717, 1.165) is 19.6 Å². The lowest BCUT2D eigenvalue weighted by Gasteiger charge is -2.33. The van der Waals surface area contributed by atoms with Gasteiger partial charge in [0.25, 0.3) is 0 Å². The van der Waals surface area contributed by atoms with Crippen LogP contribution in [0.1, 0.15) is 18.1 Å². The van der Waals surface area contributed by atoms with Crippen LogP contribution in [0.4, 0.5) is 4.39 Å². The van der Waals surface area contributed by atoms with Crippen LogP contribution in [0.25, 0.3) is 0 Å². The quantitative estimate of drug-likeness (QED) is 0.841. The number of piperazine rings is 1. The lowest BCUT2D eigenvalue weighted by molar-refractivity contribution is 0.164. The number of nitrogens with one attached hydrogen (secondary N) is 1. The standard InChI is InChI=1S/C13H16FN3/c1-10-8-16-5-6-17(10)9-12-4-2-3-11(7-15)13(12)14/h2-4,10,16H,5-6,8-9H2,1H3/t10-/m0/s1. The Kier molecular flexibility index (Phi) is 3.72. The van der Waals surface area contributed by atoms with E-state index in [9.17, 15) is 4.39 Å². The van der Waals surface area contributed by atoms with Gasteiger partial charge in [-0.15, -0.1) is 0 Å². The molecule has 0 saturated carbocycles. The van der Waals surface area contributed by atoms with Crippen LogP contribution in [0, 0.1) is 17.1 Å². The number of benzene rings is 1. The van der Waals surface area contributed by atoms with Crippen molar-refractivity contribution in [1.82, 2.24) is 10.2 Å². The molecule has 1 saturated heterocycles. The molecule has 1 N–H and O–H groups in total. The second kappa shape index (κ2) is 5.26. The number of rotatable bonds is 2. The topological polar surface area (TPSA) is 39.1 Å². The van der Waals surface area contributed by atoms with Gasteiger partial charge in [0, 0.05) is 37.8 Å². The third-order valence-corrected chi connectivity index (χ3v) is 3.21. The maximum atomic E-state index is 13.9. The van der Waals surface area contributed by atoms with Gasteiger partial charge < -0.3 is 5.32 Å². The van der Waals surface area contributed by atoms with Crippen LogP contribution in [0.5, 0.6) is 0 Å². The molecular formula is C13H16FN3. The molecule has 0 bridgehead atoms. The summed E-state index contributed by atoms with van der Waals surface area (Å²) in [4.78, 5) is 2.23. The second-order valence-corrected chi connectivity index (χ2v) is 4.41. The van der Waals surface area contributed by atoms with Crippen molar-refractivity contribution in [3.63, 3.8) is 0 Å². The number of nitrogens with zero attached hydrogens (tertiary/aromatic N) is 2. The van der Waals surface area contributed by atoms with E-state index in [1.165, 1.54) is 6.07 Å². The zero-order chi connectivity index (χ0) is 12.3. The van der Waals surface area contributed by atoms with Crippen molar-refractivity contribution in [2.45, 2.75) is 19.5 Å². The first-order valence-electron chi connectivity index (χ1n) is 5.84. The van der Waals surface area contributed by atoms with Gasteiger partial charge in [0.1, 0.15) is 11.9 Å². The summed E-state index contributed by atoms with van der Waals surface area (Å²) >= 11 is 0. The molecule has 17 heavy (non-hydrogen) atoms. The average Bonchev–Trinajstić information content (AvgIpc) is 2.34. The van der Waals surface area contributed by atoms with E-state index in [1.807, 2.05) is 6.07 Å². The molecule has 0 aliphatic carbocycles. The molecule has 0 spiro atoms. The molecule has 0 radical (unpaired) electrons. The highest BCUT2D eigenvalue weighted by molar-refractivity contribution is 5.34. The molecule has 1 aliphatic heterocycles. The Bertz CT molecular complexity index is 439. The molecule has 4 heteroatoms. The molecule has 2 rings (SSSR count). The maximum Gasteiger partial charge on any atom is 0.145 e. The molecule has 1 aromatic rings. The SMILES string of the molecule is C[C@H]1CNCCN1Cc1cccc(C#N)c1F. The molecule has 90 valence electrons. The predicted molar refractivity (Wildman–Crippen MR) is 63.9 cm³/mol. The molecule has 0 aromatic heterocycles. The third-order valence-electron chi connectivity index (χ3n) is 3.21. The summed E-state index contributed by atoms with van der Waals surface area (Å²) in [6.07, 6.45) is 0. The monoisotopic (exact) mass is 233 g/mol. The van der Waals surface area contributed by atoms with Gasteiger partial charge in [-0.3, -0.25) is 4.90 Å². The lowest BCUT2D eigenvalue weighted by atomic mass is 10.1. The fourth-order valence-corrected chi connectivity index (χ4v) is 2.13. The van der Waals surface area contributed by atoms with Crippen molar-refractivity contribution >= 4 is 0 Å². The zero-order valence-electron chi connectivity index (χ0n) is 9.91. The Morgan fingerprint density at radius 2 is 2.41 bits per heavy atom. The fraction of sp³-hybridized carbons (Fsp3) is 0.462. The highest BCUT2D eigenvalue weighted by atomic mass is 19.1. The number of hydrogen-bond acceptors (Lipinski definition) is 3. The van der Waals surface area contributed by atoms with Crippen LogP contribution < -0.4 is 5.32 Å². The van der Waals surface area contributed by atoms with Crippen LogP contribution in [0.15, 0.2) is 18.2 Å². The molecule has 0 amide bonds. The van der Waals surface area contributed by atoms with E-state index < -0.39 is 0 Å². The van der Waals surface area contributed by atoms with Crippen molar-refractivity contribution in [2.75, 3.05) is 19.6 Å². The molecule has 3 nitrogen and oxygen atoms in total. The van der Waals surface area contributed by atoms with Gasteiger partial charge in [0.15, 0.2) is 0 Å². The van der Waals surface area contributed by atoms with Gasteiger partial charge in [-0.25, -0.2) is 4.39 Å². The van der Waals surface area contributed by atoms with E-state index in [4.69, 9.17) is 5.26 Å². The Labute approximate surface area is 101 Å². The van der Waals surface area contributed by atoms with Crippen molar-refractivity contribution in [2.24, 2.45) is 0 Å². The Morgan fingerprint density at radius 1 is 1.59 bits per heavy atom. The lowest BCUT2D eigenvalue weighted by Crippen LogP contribution is -2.49. The van der Waals surface area contributed by atoms with Gasteiger partial charge in [0.2, 0.25) is 0 Å². The summed E-state index contributed by atoms with van der Waals surface area (Å²) in [6.45, 7) is 5.48. The number of nitriles is 1. The van der Waals surface area contributed by atoms with Crippen LogP contribution in [-0.4, -0.2) is 30.6 Å². The molecular weight excluding hydrogens is 217 g/mol. The summed E-state index contributed by atoms with van der Waals surface area (Å²) in [6, 6.07) is 7.28. The molecule has 1 aromatic carbocycles. The van der Waals surface area contributed by atoms with Crippen molar-refractivity contribution in [1.29, 1.82) is 5.26 Å². The fourth-order valence-electron chi connectivity index (χ4n) is 2.13. The average molecular weight is 233 g/mol. The number of halogens is 1. The normalized spacial score (nSPS) is 21.1. The van der Waals surface area contributed by atoms with Crippen molar-refractivity contribution in [3.8, 4) is 6.07 Å². The van der Waals surface area contributed by atoms with Crippen LogP contribution >= 0.6 is 0 Å². The van der Waals surface area contributed by atoms with E-state index in [0.29, 0.717) is 18.2 Å². The molecule has 1 atom stereocenters. The van der Waals surface area contributed by atoms with Crippen molar-refractivity contribution in [3.05, 3.63) is 35.1 Å². The summed E-state index contributed by atoms with van der Waals surface area (Å²) in [7, 11) is 0. The van der Waals surface area contributed by atoms with Gasteiger partial charge in [-0.2, -0.15) is 5.26 Å². The highest BCUT2D eigenvalue weighted by Gasteiger charge is 2.19. The Morgan fingerprint density at radius 3 is 3.12 bits per heavy atom. The maximum absolute atomic E-state index is 13.9. The van der Waals surface area contributed by atoms with Crippen molar-refractivity contribution < 1.29 is 4.39 Å². The Hall–Kier alpha value is -1.44. The second-order valence-electron chi connectivity index (χ2n) is 4.41. The Balaban J connectivity index is 2.16. The van der Waals surface area contributed by atoms with E-state index >= 15 is 0 Å². The summed E-state index contributed by atoms with van der Waals surface area (Å²) < 4.78 is 13.9. The minimum Gasteiger partial charge on any atom is -0.314 e. The summed E-state index contributed by atoms with van der Waals surface area (Å²) in [5.74, 6) is -0.374. The van der Waals surface area contributed by atoms with Gasteiger partial charge in [0.05, 0.1) is 5.56 Å². The van der Waals surface area contributed by atoms with E-state index in [-0.39, 0.29) is 11.4 Å². The highest BCUT2D eigenvalue weighted by Crippen LogP contribution is 2.16. The summed E-state index contributed by atoms with van der Waals surface area (Å²) in [5, 5.41) is 12.1. The molecule has 1 fully saturated rings. The van der Waals surface area contributed by atoms with Gasteiger partial charge in [-0.05, 0) is 13.0 Å².